The lowest BCUT2D eigenvalue weighted by molar-refractivity contribution is -0.148. The molecule has 1 N–H and O–H groups in total. The number of rotatable bonds is 5. The Labute approximate surface area is 155 Å². The zero-order valence-corrected chi connectivity index (χ0v) is 15.4. The summed E-state index contributed by atoms with van der Waals surface area (Å²) in [5.41, 5.74) is 0.441. The van der Waals surface area contributed by atoms with Crippen LogP contribution < -0.4 is 15.1 Å². The van der Waals surface area contributed by atoms with Crippen molar-refractivity contribution in [3.8, 4) is 11.5 Å². The van der Waals surface area contributed by atoms with Gasteiger partial charge in [0.1, 0.15) is 23.1 Å². The Bertz CT molecular complexity index is 963. The minimum Gasteiger partial charge on any atom is -0.496 e. The number of amides is 1. The predicted molar refractivity (Wildman–Crippen MR) is 96.4 cm³/mol. The summed E-state index contributed by atoms with van der Waals surface area (Å²) in [4.78, 5) is 37.8. The Morgan fingerprint density at radius 1 is 1.30 bits per heavy atom. The number of hydrogen-bond donors (Lipinski definition) is 1. The fourth-order valence-corrected chi connectivity index (χ4v) is 3.54. The smallest absolute Gasteiger partial charge is 0.340 e. The number of benzene rings is 1. The van der Waals surface area contributed by atoms with Crippen molar-refractivity contribution < 1.29 is 28.6 Å². The van der Waals surface area contributed by atoms with Gasteiger partial charge in [-0.05, 0) is 25.3 Å². The third-order valence-electron chi connectivity index (χ3n) is 4.96. The van der Waals surface area contributed by atoms with Crippen LogP contribution >= 0.6 is 0 Å². The Kier molecular flexibility index (Phi) is 5.07. The standard InChI is InChI=1S/C19H21NO7/c1-10-12(9-16(21)20-6-4-5-13(20)18(22)23)19(24)27-15-8-11(25-2)7-14(26-3)17(10)15/h7-8,13H,4-6,9H2,1-3H3,(H,22,23). The molecule has 1 aliphatic rings. The van der Waals surface area contributed by atoms with E-state index < -0.39 is 23.5 Å². The van der Waals surface area contributed by atoms with E-state index in [2.05, 4.69) is 0 Å². The summed E-state index contributed by atoms with van der Waals surface area (Å²) in [7, 11) is 2.98. The maximum absolute atomic E-state index is 12.7. The average molecular weight is 375 g/mol. The molecule has 8 heteroatoms. The largest absolute Gasteiger partial charge is 0.496 e. The van der Waals surface area contributed by atoms with Crippen molar-refractivity contribution in [1.29, 1.82) is 0 Å². The summed E-state index contributed by atoms with van der Waals surface area (Å²) in [6, 6.07) is 2.41. The van der Waals surface area contributed by atoms with Gasteiger partial charge in [-0.25, -0.2) is 9.59 Å². The maximum Gasteiger partial charge on any atom is 0.340 e. The summed E-state index contributed by atoms with van der Waals surface area (Å²) >= 11 is 0. The van der Waals surface area contributed by atoms with Crippen LogP contribution in [0, 0.1) is 6.92 Å². The minimum absolute atomic E-state index is 0.201. The molecule has 1 aliphatic heterocycles. The summed E-state index contributed by atoms with van der Waals surface area (Å²) in [6.45, 7) is 2.09. The van der Waals surface area contributed by atoms with Crippen molar-refractivity contribution in [2.24, 2.45) is 0 Å². The molecular weight excluding hydrogens is 354 g/mol. The van der Waals surface area contributed by atoms with Crippen LogP contribution in [0.2, 0.25) is 0 Å². The van der Waals surface area contributed by atoms with Crippen LogP contribution in [-0.2, 0) is 16.0 Å². The second-order valence-corrected chi connectivity index (χ2v) is 6.46. The molecular formula is C19H21NO7. The molecule has 2 aromatic rings. The lowest BCUT2D eigenvalue weighted by atomic mass is 10.0. The predicted octanol–water partition coefficient (Wildman–Crippen LogP) is 1.74. The average Bonchev–Trinajstić information content (AvgIpc) is 3.14. The Hall–Kier alpha value is -3.03. The van der Waals surface area contributed by atoms with Gasteiger partial charge >= 0.3 is 11.6 Å². The lowest BCUT2D eigenvalue weighted by Crippen LogP contribution is -2.41. The molecule has 1 aromatic carbocycles. The van der Waals surface area contributed by atoms with E-state index in [1.165, 1.54) is 19.1 Å². The summed E-state index contributed by atoms with van der Waals surface area (Å²) in [5.74, 6) is -0.491. The molecule has 1 saturated heterocycles. The molecule has 0 spiro atoms. The van der Waals surface area contributed by atoms with Gasteiger partial charge in [0.2, 0.25) is 5.91 Å². The fraction of sp³-hybridized carbons (Fsp3) is 0.421. The lowest BCUT2D eigenvalue weighted by Gasteiger charge is -2.21. The molecule has 2 heterocycles. The number of aryl methyl sites for hydroxylation is 1. The van der Waals surface area contributed by atoms with Gasteiger partial charge in [-0.2, -0.15) is 0 Å². The van der Waals surface area contributed by atoms with E-state index in [1.807, 2.05) is 0 Å². The van der Waals surface area contributed by atoms with E-state index >= 15 is 0 Å². The van der Waals surface area contributed by atoms with Crippen molar-refractivity contribution in [3.05, 3.63) is 33.7 Å². The first-order valence-electron chi connectivity index (χ1n) is 8.58. The third-order valence-corrected chi connectivity index (χ3v) is 4.96. The zero-order valence-electron chi connectivity index (χ0n) is 15.4. The molecule has 0 saturated carbocycles. The van der Waals surface area contributed by atoms with E-state index in [4.69, 9.17) is 13.9 Å². The highest BCUT2D eigenvalue weighted by Gasteiger charge is 2.34. The van der Waals surface area contributed by atoms with E-state index in [0.717, 1.165) is 0 Å². The first kappa shape index (κ1) is 18.8. The van der Waals surface area contributed by atoms with Gasteiger partial charge in [-0.3, -0.25) is 4.79 Å². The Balaban J connectivity index is 2.03. The van der Waals surface area contributed by atoms with Crippen molar-refractivity contribution in [2.45, 2.75) is 32.2 Å². The topological polar surface area (TPSA) is 106 Å². The number of methoxy groups -OCH3 is 2. The number of carboxylic acid groups (broad SMARTS) is 1. The highest BCUT2D eigenvalue weighted by molar-refractivity contribution is 5.91. The van der Waals surface area contributed by atoms with Crippen molar-refractivity contribution in [3.63, 3.8) is 0 Å². The molecule has 1 fully saturated rings. The molecule has 0 radical (unpaired) electrons. The molecule has 1 amide bonds. The van der Waals surface area contributed by atoms with Crippen LogP contribution in [0.15, 0.2) is 21.3 Å². The van der Waals surface area contributed by atoms with Crippen LogP contribution in [0.3, 0.4) is 0 Å². The van der Waals surface area contributed by atoms with Gasteiger partial charge in [-0.1, -0.05) is 0 Å². The van der Waals surface area contributed by atoms with Crippen LogP contribution in [0.4, 0.5) is 0 Å². The van der Waals surface area contributed by atoms with Crippen LogP contribution in [0.1, 0.15) is 24.0 Å². The normalized spacial score (nSPS) is 16.6. The second-order valence-electron chi connectivity index (χ2n) is 6.46. The van der Waals surface area contributed by atoms with Gasteiger partial charge in [-0.15, -0.1) is 0 Å². The monoisotopic (exact) mass is 375 g/mol. The van der Waals surface area contributed by atoms with E-state index in [-0.39, 0.29) is 12.0 Å². The quantitative estimate of drug-likeness (QED) is 0.793. The van der Waals surface area contributed by atoms with Crippen molar-refractivity contribution in [2.75, 3.05) is 20.8 Å². The van der Waals surface area contributed by atoms with Crippen molar-refractivity contribution >= 4 is 22.8 Å². The number of likely N-dealkylation sites (tertiary alicyclic amines) is 1. The third kappa shape index (κ3) is 3.34. The summed E-state index contributed by atoms with van der Waals surface area (Å²) in [5, 5.41) is 9.84. The van der Waals surface area contributed by atoms with E-state index in [9.17, 15) is 19.5 Å². The SMILES string of the molecule is COc1cc(OC)c2c(C)c(CC(=O)N3CCCC3C(=O)O)c(=O)oc2c1. The fourth-order valence-electron chi connectivity index (χ4n) is 3.54. The molecule has 144 valence electrons. The molecule has 3 rings (SSSR count). The Morgan fingerprint density at radius 2 is 2.04 bits per heavy atom. The van der Waals surface area contributed by atoms with E-state index in [0.29, 0.717) is 47.4 Å². The van der Waals surface area contributed by atoms with Crippen LogP contribution in [0.5, 0.6) is 11.5 Å². The van der Waals surface area contributed by atoms with Gasteiger partial charge in [0.05, 0.1) is 31.6 Å². The molecule has 0 aliphatic carbocycles. The minimum atomic E-state index is -1.03. The van der Waals surface area contributed by atoms with Gasteiger partial charge < -0.3 is 23.9 Å². The number of aliphatic carboxylic acids is 1. The first-order chi connectivity index (χ1) is 12.9. The van der Waals surface area contributed by atoms with E-state index in [1.54, 1.807) is 19.1 Å². The molecule has 0 bridgehead atoms. The van der Waals surface area contributed by atoms with Crippen LogP contribution in [-0.4, -0.2) is 48.7 Å². The highest BCUT2D eigenvalue weighted by atomic mass is 16.5. The summed E-state index contributed by atoms with van der Waals surface area (Å²) in [6.07, 6.45) is 0.824. The molecule has 1 unspecified atom stereocenters. The number of hydrogen-bond acceptors (Lipinski definition) is 6. The van der Waals surface area contributed by atoms with Crippen LogP contribution in [0.25, 0.3) is 11.0 Å². The molecule has 27 heavy (non-hydrogen) atoms. The zero-order chi connectivity index (χ0) is 19.7. The second kappa shape index (κ2) is 7.30. The number of carbonyl (C=O) groups is 2. The van der Waals surface area contributed by atoms with Crippen molar-refractivity contribution in [1.82, 2.24) is 4.90 Å². The number of nitrogens with zero attached hydrogens (tertiary/aromatic N) is 1. The number of ether oxygens (including phenoxy) is 2. The Morgan fingerprint density at radius 3 is 2.67 bits per heavy atom. The molecule has 1 aromatic heterocycles. The van der Waals surface area contributed by atoms with Gasteiger partial charge in [0, 0.05) is 18.7 Å². The maximum atomic E-state index is 12.7. The van der Waals surface area contributed by atoms with Gasteiger partial charge in [0.15, 0.2) is 0 Å². The number of fused-ring (bicyclic) bond motifs is 1. The number of carbonyl (C=O) groups excluding carboxylic acids is 1. The first-order valence-corrected chi connectivity index (χ1v) is 8.58. The highest BCUT2D eigenvalue weighted by Crippen LogP contribution is 2.34. The van der Waals surface area contributed by atoms with Gasteiger partial charge in [0.25, 0.3) is 0 Å². The summed E-state index contributed by atoms with van der Waals surface area (Å²) < 4.78 is 16.0. The molecule has 8 nitrogen and oxygen atoms in total. The number of carboxylic acids is 1. The molecule has 1 atom stereocenters.